The van der Waals surface area contributed by atoms with Gasteiger partial charge in [-0.05, 0) is 36.8 Å². The van der Waals surface area contributed by atoms with Crippen LogP contribution in [0, 0.1) is 6.92 Å². The number of nitrogens with one attached hydrogen (secondary N) is 1. The molecule has 0 aliphatic rings. The van der Waals surface area contributed by atoms with Gasteiger partial charge in [0.25, 0.3) is 5.91 Å². The van der Waals surface area contributed by atoms with Gasteiger partial charge in [0.1, 0.15) is 0 Å². The molecule has 0 fully saturated rings. The number of carboxylic acid groups (broad SMARTS) is 1. The Kier molecular flexibility index (Phi) is 4.55. The summed E-state index contributed by atoms with van der Waals surface area (Å²) in [5.41, 5.74) is 1.90. The van der Waals surface area contributed by atoms with Crippen LogP contribution < -0.4 is 5.32 Å². The van der Waals surface area contributed by atoms with E-state index in [0.29, 0.717) is 16.3 Å². The standard InChI is InChI=1S/C15H13ClN2O3/c1-9-2-3-11(16)7-13(9)14(19)18-8-12-6-10(15(20)21)4-5-17-12/h2-7H,8H2,1H3,(H,18,19)(H,20,21). The van der Waals surface area contributed by atoms with E-state index in [4.69, 9.17) is 16.7 Å². The number of rotatable bonds is 4. The molecule has 1 heterocycles. The number of aromatic nitrogens is 1. The van der Waals surface area contributed by atoms with Crippen LogP contribution in [0.1, 0.15) is 32.0 Å². The van der Waals surface area contributed by atoms with E-state index < -0.39 is 5.97 Å². The van der Waals surface area contributed by atoms with Crippen LogP contribution in [-0.4, -0.2) is 22.0 Å². The molecule has 0 spiro atoms. The average Bonchev–Trinajstić information content (AvgIpc) is 2.47. The predicted octanol–water partition coefficient (Wildman–Crippen LogP) is 2.67. The van der Waals surface area contributed by atoms with Crippen molar-refractivity contribution in [3.8, 4) is 0 Å². The van der Waals surface area contributed by atoms with Gasteiger partial charge >= 0.3 is 5.97 Å². The summed E-state index contributed by atoms with van der Waals surface area (Å²) in [6, 6.07) is 7.89. The molecule has 21 heavy (non-hydrogen) atoms. The molecule has 0 unspecified atom stereocenters. The van der Waals surface area contributed by atoms with Crippen molar-refractivity contribution in [3.05, 3.63) is 63.9 Å². The van der Waals surface area contributed by atoms with Gasteiger partial charge in [0.15, 0.2) is 0 Å². The lowest BCUT2D eigenvalue weighted by molar-refractivity contribution is 0.0696. The number of aromatic carboxylic acids is 1. The van der Waals surface area contributed by atoms with Gasteiger partial charge in [-0.2, -0.15) is 0 Å². The second-order valence-electron chi connectivity index (χ2n) is 4.48. The maximum Gasteiger partial charge on any atom is 0.335 e. The fourth-order valence-electron chi connectivity index (χ4n) is 1.81. The summed E-state index contributed by atoms with van der Waals surface area (Å²) in [5, 5.41) is 12.1. The van der Waals surface area contributed by atoms with Gasteiger partial charge in [0, 0.05) is 16.8 Å². The topological polar surface area (TPSA) is 79.3 Å². The Morgan fingerprint density at radius 2 is 2.05 bits per heavy atom. The zero-order valence-corrected chi connectivity index (χ0v) is 12.0. The zero-order valence-electron chi connectivity index (χ0n) is 11.3. The number of carboxylic acids is 1. The SMILES string of the molecule is Cc1ccc(Cl)cc1C(=O)NCc1cc(C(=O)O)ccn1. The third kappa shape index (κ3) is 3.79. The number of hydrogen-bond acceptors (Lipinski definition) is 3. The molecule has 0 aliphatic carbocycles. The maximum atomic E-state index is 12.1. The quantitative estimate of drug-likeness (QED) is 0.910. The Morgan fingerprint density at radius 1 is 1.29 bits per heavy atom. The van der Waals surface area contributed by atoms with Crippen molar-refractivity contribution in [2.45, 2.75) is 13.5 Å². The molecule has 2 N–H and O–H groups in total. The summed E-state index contributed by atoms with van der Waals surface area (Å²) in [6.45, 7) is 1.96. The number of hydrogen-bond donors (Lipinski definition) is 2. The Labute approximate surface area is 126 Å². The van der Waals surface area contributed by atoms with E-state index in [-0.39, 0.29) is 18.0 Å². The number of nitrogens with zero attached hydrogens (tertiary/aromatic N) is 1. The molecule has 0 saturated heterocycles. The molecule has 0 saturated carbocycles. The van der Waals surface area contributed by atoms with Crippen LogP contribution in [0.15, 0.2) is 36.5 Å². The average molecular weight is 305 g/mol. The smallest absolute Gasteiger partial charge is 0.335 e. The summed E-state index contributed by atoms with van der Waals surface area (Å²) in [7, 11) is 0. The van der Waals surface area contributed by atoms with Crippen LogP contribution in [0.2, 0.25) is 5.02 Å². The molecule has 0 atom stereocenters. The van der Waals surface area contributed by atoms with E-state index in [0.717, 1.165) is 5.56 Å². The monoisotopic (exact) mass is 304 g/mol. The Balaban J connectivity index is 2.09. The van der Waals surface area contributed by atoms with E-state index in [9.17, 15) is 9.59 Å². The van der Waals surface area contributed by atoms with E-state index >= 15 is 0 Å². The summed E-state index contributed by atoms with van der Waals surface area (Å²) in [4.78, 5) is 27.0. The maximum absolute atomic E-state index is 12.1. The van der Waals surface area contributed by atoms with Gasteiger partial charge < -0.3 is 10.4 Å². The highest BCUT2D eigenvalue weighted by atomic mass is 35.5. The molecule has 0 aliphatic heterocycles. The van der Waals surface area contributed by atoms with E-state index in [1.807, 2.05) is 6.92 Å². The lowest BCUT2D eigenvalue weighted by Crippen LogP contribution is -2.24. The normalized spacial score (nSPS) is 10.2. The molecule has 1 amide bonds. The zero-order chi connectivity index (χ0) is 15.4. The second-order valence-corrected chi connectivity index (χ2v) is 4.92. The summed E-state index contributed by atoms with van der Waals surface area (Å²) < 4.78 is 0. The highest BCUT2D eigenvalue weighted by Crippen LogP contribution is 2.15. The van der Waals surface area contributed by atoms with E-state index in [1.54, 1.807) is 18.2 Å². The molecular weight excluding hydrogens is 292 g/mol. The molecule has 0 radical (unpaired) electrons. The van der Waals surface area contributed by atoms with Crippen molar-refractivity contribution < 1.29 is 14.7 Å². The summed E-state index contributed by atoms with van der Waals surface area (Å²) in [6.07, 6.45) is 1.40. The fourth-order valence-corrected chi connectivity index (χ4v) is 1.98. The predicted molar refractivity (Wildman–Crippen MR) is 78.6 cm³/mol. The minimum Gasteiger partial charge on any atom is -0.478 e. The van der Waals surface area contributed by atoms with Gasteiger partial charge in [0.2, 0.25) is 0 Å². The first-order chi connectivity index (χ1) is 9.97. The van der Waals surface area contributed by atoms with Crippen molar-refractivity contribution >= 4 is 23.5 Å². The molecule has 6 heteroatoms. The van der Waals surface area contributed by atoms with Gasteiger partial charge in [-0.15, -0.1) is 0 Å². The lowest BCUT2D eigenvalue weighted by Gasteiger charge is -2.08. The molecule has 0 bridgehead atoms. The largest absolute Gasteiger partial charge is 0.478 e. The van der Waals surface area contributed by atoms with Crippen LogP contribution in [0.25, 0.3) is 0 Å². The van der Waals surface area contributed by atoms with Gasteiger partial charge in [-0.25, -0.2) is 4.79 Å². The highest BCUT2D eigenvalue weighted by Gasteiger charge is 2.10. The number of benzene rings is 1. The van der Waals surface area contributed by atoms with Gasteiger partial charge in [0.05, 0.1) is 17.8 Å². The number of pyridine rings is 1. The minimum absolute atomic E-state index is 0.133. The number of halogens is 1. The van der Waals surface area contributed by atoms with Crippen molar-refractivity contribution in [3.63, 3.8) is 0 Å². The molecule has 2 aromatic rings. The first-order valence-electron chi connectivity index (χ1n) is 6.20. The molecule has 1 aromatic carbocycles. The first-order valence-corrected chi connectivity index (χ1v) is 6.58. The van der Waals surface area contributed by atoms with Crippen molar-refractivity contribution in [1.82, 2.24) is 10.3 Å². The van der Waals surface area contributed by atoms with E-state index in [1.165, 1.54) is 18.3 Å². The van der Waals surface area contributed by atoms with Crippen molar-refractivity contribution in [1.29, 1.82) is 0 Å². The first kappa shape index (κ1) is 15.0. The lowest BCUT2D eigenvalue weighted by atomic mass is 10.1. The van der Waals surface area contributed by atoms with Crippen LogP contribution in [0.5, 0.6) is 0 Å². The van der Waals surface area contributed by atoms with Gasteiger partial charge in [-0.3, -0.25) is 9.78 Å². The van der Waals surface area contributed by atoms with Crippen LogP contribution >= 0.6 is 11.6 Å². The van der Waals surface area contributed by atoms with Gasteiger partial charge in [-0.1, -0.05) is 17.7 Å². The van der Waals surface area contributed by atoms with Crippen molar-refractivity contribution in [2.24, 2.45) is 0 Å². The van der Waals surface area contributed by atoms with Crippen LogP contribution in [-0.2, 0) is 6.54 Å². The summed E-state index contributed by atoms with van der Waals surface area (Å²) in [5.74, 6) is -1.31. The second kappa shape index (κ2) is 6.37. The number of amides is 1. The third-order valence-corrected chi connectivity index (χ3v) is 3.17. The van der Waals surface area contributed by atoms with Crippen LogP contribution in [0.3, 0.4) is 0 Å². The fraction of sp³-hybridized carbons (Fsp3) is 0.133. The van der Waals surface area contributed by atoms with Crippen molar-refractivity contribution in [2.75, 3.05) is 0 Å². The van der Waals surface area contributed by atoms with E-state index in [2.05, 4.69) is 10.3 Å². The highest BCUT2D eigenvalue weighted by molar-refractivity contribution is 6.31. The summed E-state index contributed by atoms with van der Waals surface area (Å²) >= 11 is 5.88. The molecule has 1 aromatic heterocycles. The molecular formula is C15H13ClN2O3. The Hall–Kier alpha value is -2.40. The minimum atomic E-state index is -1.03. The Bertz CT molecular complexity index is 701. The van der Waals surface area contributed by atoms with Crippen LogP contribution in [0.4, 0.5) is 0 Å². The third-order valence-electron chi connectivity index (χ3n) is 2.94. The Morgan fingerprint density at radius 3 is 2.76 bits per heavy atom. The molecule has 108 valence electrons. The number of carbonyl (C=O) groups excluding carboxylic acids is 1. The number of aryl methyl sites for hydroxylation is 1. The number of carbonyl (C=O) groups is 2. The molecule has 2 rings (SSSR count). The molecule has 5 nitrogen and oxygen atoms in total.